The first-order valence-corrected chi connectivity index (χ1v) is 11.0. The third kappa shape index (κ3) is 5.22. The van der Waals surface area contributed by atoms with Crippen LogP contribution in [-0.4, -0.2) is 51.4 Å². The average Bonchev–Trinajstić information content (AvgIpc) is 3.42. The van der Waals surface area contributed by atoms with Crippen LogP contribution in [0.5, 0.6) is 0 Å². The summed E-state index contributed by atoms with van der Waals surface area (Å²) in [5, 5.41) is 20.1. The molecular weight excluding hydrogens is 438 g/mol. The van der Waals surface area contributed by atoms with E-state index in [-0.39, 0.29) is 36.6 Å². The van der Waals surface area contributed by atoms with Crippen LogP contribution in [0.2, 0.25) is 0 Å². The number of anilines is 1. The molecule has 0 saturated carbocycles. The van der Waals surface area contributed by atoms with Crippen molar-refractivity contribution < 1.29 is 24.2 Å². The number of benzene rings is 2. The third-order valence-corrected chi connectivity index (χ3v) is 5.72. The van der Waals surface area contributed by atoms with E-state index in [0.717, 1.165) is 22.3 Å². The highest BCUT2D eigenvalue weighted by Crippen LogP contribution is 2.44. The maximum absolute atomic E-state index is 12.3. The van der Waals surface area contributed by atoms with Gasteiger partial charge < -0.3 is 15.2 Å². The van der Waals surface area contributed by atoms with Crippen LogP contribution in [-0.2, 0) is 9.53 Å². The summed E-state index contributed by atoms with van der Waals surface area (Å²) in [7, 11) is 0. The minimum atomic E-state index is -0.877. The van der Waals surface area contributed by atoms with Crippen LogP contribution in [0.3, 0.4) is 0 Å². The number of aromatic amines is 1. The zero-order valence-corrected chi connectivity index (χ0v) is 18.6. The molecule has 0 aliphatic heterocycles. The molecule has 10 heteroatoms. The van der Waals surface area contributed by atoms with Crippen molar-refractivity contribution in [2.24, 2.45) is 5.92 Å². The number of carboxylic acid groups (broad SMARTS) is 1. The second-order valence-corrected chi connectivity index (χ2v) is 8.21. The molecule has 4 N–H and O–H groups in total. The van der Waals surface area contributed by atoms with E-state index < -0.39 is 18.0 Å². The number of rotatable bonds is 9. The van der Waals surface area contributed by atoms with E-state index in [9.17, 15) is 14.4 Å². The Hall–Kier alpha value is -4.21. The summed E-state index contributed by atoms with van der Waals surface area (Å²) in [6.45, 7) is 2.28. The number of carbonyl (C=O) groups is 3. The Morgan fingerprint density at radius 3 is 2.38 bits per heavy atom. The number of aromatic nitrogens is 3. The molecular formula is C24H25N5O5. The van der Waals surface area contributed by atoms with Crippen LogP contribution in [0.25, 0.3) is 11.1 Å². The molecule has 1 atom stereocenters. The topological polar surface area (TPSA) is 146 Å². The van der Waals surface area contributed by atoms with Gasteiger partial charge in [-0.2, -0.15) is 4.98 Å². The molecule has 0 radical (unpaired) electrons. The van der Waals surface area contributed by atoms with Gasteiger partial charge in [0.25, 0.3) is 11.9 Å². The SMILES string of the molecule is CC(CCC(=O)O)CNC(=O)c1nc(NC(=O)OCC2c3ccccc3-c3ccccc32)n[nH]1. The largest absolute Gasteiger partial charge is 0.481 e. The summed E-state index contributed by atoms with van der Waals surface area (Å²) in [6.07, 6.45) is -0.246. The van der Waals surface area contributed by atoms with E-state index in [4.69, 9.17) is 9.84 Å². The number of carboxylic acids is 1. The number of nitrogens with zero attached hydrogens (tertiary/aromatic N) is 2. The van der Waals surface area contributed by atoms with Crippen LogP contribution in [0.1, 0.15) is 47.4 Å². The first kappa shape index (κ1) is 23.0. The minimum Gasteiger partial charge on any atom is -0.481 e. The predicted octanol–water partition coefficient (Wildman–Crippen LogP) is 3.40. The lowest BCUT2D eigenvalue weighted by molar-refractivity contribution is -0.137. The summed E-state index contributed by atoms with van der Waals surface area (Å²) < 4.78 is 5.45. The van der Waals surface area contributed by atoms with Crippen LogP contribution in [0.4, 0.5) is 10.7 Å². The smallest absolute Gasteiger partial charge is 0.414 e. The monoisotopic (exact) mass is 463 g/mol. The highest BCUT2D eigenvalue weighted by molar-refractivity contribution is 5.91. The normalized spacial score (nSPS) is 13.0. The lowest BCUT2D eigenvalue weighted by Crippen LogP contribution is -2.29. The van der Waals surface area contributed by atoms with Gasteiger partial charge in [-0.3, -0.25) is 20.0 Å². The Kier molecular flexibility index (Phi) is 6.86. The van der Waals surface area contributed by atoms with Gasteiger partial charge in [-0.1, -0.05) is 55.5 Å². The van der Waals surface area contributed by atoms with Gasteiger partial charge in [0.05, 0.1) is 0 Å². The number of carbonyl (C=O) groups excluding carboxylic acids is 2. The number of ether oxygens (including phenoxy) is 1. The van der Waals surface area contributed by atoms with Crippen LogP contribution < -0.4 is 10.6 Å². The molecule has 0 saturated heterocycles. The van der Waals surface area contributed by atoms with Gasteiger partial charge in [-0.05, 0) is 34.6 Å². The van der Waals surface area contributed by atoms with Gasteiger partial charge in [-0.25, -0.2) is 4.79 Å². The molecule has 10 nitrogen and oxygen atoms in total. The summed E-state index contributed by atoms with van der Waals surface area (Å²) in [4.78, 5) is 39.2. The lowest BCUT2D eigenvalue weighted by Gasteiger charge is -2.13. The molecule has 1 aliphatic rings. The maximum Gasteiger partial charge on any atom is 0.414 e. The quantitative estimate of drug-likeness (QED) is 0.380. The highest BCUT2D eigenvalue weighted by Gasteiger charge is 2.29. The number of amides is 2. The zero-order chi connectivity index (χ0) is 24.1. The third-order valence-electron chi connectivity index (χ3n) is 5.72. The van der Waals surface area contributed by atoms with Crippen molar-refractivity contribution in [1.29, 1.82) is 0 Å². The number of nitrogens with one attached hydrogen (secondary N) is 3. The Labute approximate surface area is 195 Å². The fourth-order valence-electron chi connectivity index (χ4n) is 3.97. The summed E-state index contributed by atoms with van der Waals surface area (Å²) in [6, 6.07) is 16.1. The average molecular weight is 463 g/mol. The molecule has 2 amide bonds. The molecule has 1 unspecified atom stereocenters. The number of hydrogen-bond donors (Lipinski definition) is 4. The maximum atomic E-state index is 12.3. The van der Waals surface area contributed by atoms with Gasteiger partial charge in [0, 0.05) is 18.9 Å². The van der Waals surface area contributed by atoms with Gasteiger partial charge in [0.15, 0.2) is 0 Å². The Morgan fingerprint density at radius 1 is 1.09 bits per heavy atom. The predicted molar refractivity (Wildman–Crippen MR) is 123 cm³/mol. The van der Waals surface area contributed by atoms with Crippen molar-refractivity contribution in [3.63, 3.8) is 0 Å². The highest BCUT2D eigenvalue weighted by atomic mass is 16.5. The standard InChI is InChI=1S/C24H25N5O5/c1-14(10-11-20(30)31)12-25-22(32)21-26-23(29-28-21)27-24(33)34-13-19-17-8-4-2-6-15(17)16-7-3-5-9-18(16)19/h2-9,14,19H,10-13H2,1H3,(H,25,32)(H,30,31)(H2,26,27,28,29,33). The van der Waals surface area contributed by atoms with Crippen molar-refractivity contribution in [2.45, 2.75) is 25.7 Å². The molecule has 176 valence electrons. The van der Waals surface area contributed by atoms with Crippen molar-refractivity contribution >= 4 is 23.9 Å². The first-order chi connectivity index (χ1) is 16.4. The second kappa shape index (κ2) is 10.2. The van der Waals surface area contributed by atoms with Crippen LogP contribution in [0.15, 0.2) is 48.5 Å². The van der Waals surface area contributed by atoms with Gasteiger partial charge in [-0.15, -0.1) is 5.10 Å². The molecule has 34 heavy (non-hydrogen) atoms. The molecule has 4 rings (SSSR count). The fraction of sp³-hybridized carbons (Fsp3) is 0.292. The van der Waals surface area contributed by atoms with Gasteiger partial charge in [0.2, 0.25) is 5.82 Å². The molecule has 0 spiro atoms. The summed E-state index contributed by atoms with van der Waals surface area (Å²) in [5.41, 5.74) is 4.47. The minimum absolute atomic E-state index is 0.0126. The molecule has 2 aromatic carbocycles. The Bertz CT molecular complexity index is 1160. The second-order valence-electron chi connectivity index (χ2n) is 8.21. The van der Waals surface area contributed by atoms with Crippen molar-refractivity contribution in [3.05, 3.63) is 65.5 Å². The number of hydrogen-bond acceptors (Lipinski definition) is 6. The Balaban J connectivity index is 1.29. The van der Waals surface area contributed by atoms with E-state index in [1.807, 2.05) is 43.3 Å². The van der Waals surface area contributed by atoms with E-state index in [1.165, 1.54) is 0 Å². The number of H-pyrrole nitrogens is 1. The molecule has 1 heterocycles. The van der Waals surface area contributed by atoms with E-state index in [0.29, 0.717) is 13.0 Å². The lowest BCUT2D eigenvalue weighted by atomic mass is 9.98. The van der Waals surface area contributed by atoms with Crippen molar-refractivity contribution in [2.75, 3.05) is 18.5 Å². The molecule has 1 aromatic heterocycles. The Morgan fingerprint density at radius 2 is 1.74 bits per heavy atom. The van der Waals surface area contributed by atoms with E-state index in [2.05, 4.69) is 37.9 Å². The van der Waals surface area contributed by atoms with Gasteiger partial charge >= 0.3 is 12.1 Å². The summed E-state index contributed by atoms with van der Waals surface area (Å²) in [5.74, 6) is -1.62. The summed E-state index contributed by atoms with van der Waals surface area (Å²) >= 11 is 0. The number of fused-ring (bicyclic) bond motifs is 3. The molecule has 0 fully saturated rings. The molecule has 3 aromatic rings. The van der Waals surface area contributed by atoms with Gasteiger partial charge in [0.1, 0.15) is 6.61 Å². The van der Waals surface area contributed by atoms with Crippen LogP contribution >= 0.6 is 0 Å². The van der Waals surface area contributed by atoms with E-state index >= 15 is 0 Å². The molecule has 0 bridgehead atoms. The first-order valence-electron chi connectivity index (χ1n) is 11.0. The van der Waals surface area contributed by atoms with Crippen molar-refractivity contribution in [3.8, 4) is 11.1 Å². The van der Waals surface area contributed by atoms with Crippen molar-refractivity contribution in [1.82, 2.24) is 20.5 Å². The fourth-order valence-corrected chi connectivity index (χ4v) is 3.97. The zero-order valence-electron chi connectivity index (χ0n) is 18.6. The van der Waals surface area contributed by atoms with Crippen LogP contribution in [0, 0.1) is 5.92 Å². The van der Waals surface area contributed by atoms with E-state index in [1.54, 1.807) is 0 Å². The number of aliphatic carboxylic acids is 1. The molecule has 1 aliphatic carbocycles.